The Bertz CT molecular complexity index is 477. The molecule has 0 aliphatic carbocycles. The third-order valence-corrected chi connectivity index (χ3v) is 4.78. The zero-order valence-electron chi connectivity index (χ0n) is 11.2. The standard InChI is InChI=1S/C13H21ClN2O2S/c1-2-3-4-5-6-7-9-16-19(17,18)13-11-15-10-8-12(13)14/h8,10-11,16H,2-7,9H2,1H3. The highest BCUT2D eigenvalue weighted by atomic mass is 35.5. The molecular weight excluding hydrogens is 284 g/mol. The highest BCUT2D eigenvalue weighted by Crippen LogP contribution is 2.18. The summed E-state index contributed by atoms with van der Waals surface area (Å²) in [5.74, 6) is 0. The Hall–Kier alpha value is -0.650. The van der Waals surface area contributed by atoms with Gasteiger partial charge >= 0.3 is 0 Å². The van der Waals surface area contributed by atoms with Gasteiger partial charge in [0, 0.05) is 18.9 Å². The van der Waals surface area contributed by atoms with E-state index in [4.69, 9.17) is 11.6 Å². The third kappa shape index (κ3) is 5.89. The first-order valence-electron chi connectivity index (χ1n) is 6.67. The highest BCUT2D eigenvalue weighted by Gasteiger charge is 2.16. The van der Waals surface area contributed by atoms with Crippen LogP contribution in [0.4, 0.5) is 0 Å². The van der Waals surface area contributed by atoms with Crippen LogP contribution in [0, 0.1) is 0 Å². The molecule has 0 unspecified atom stereocenters. The second-order valence-corrected chi connectivity index (χ2v) is 6.61. The second-order valence-electron chi connectivity index (χ2n) is 4.47. The minimum Gasteiger partial charge on any atom is -0.263 e. The SMILES string of the molecule is CCCCCCCCNS(=O)(=O)c1cnccc1Cl. The average Bonchev–Trinajstić information content (AvgIpc) is 2.38. The van der Waals surface area contributed by atoms with Crippen LogP contribution >= 0.6 is 11.6 Å². The number of hydrogen-bond acceptors (Lipinski definition) is 3. The summed E-state index contributed by atoms with van der Waals surface area (Å²) in [5.41, 5.74) is 0. The fourth-order valence-corrected chi connectivity index (χ4v) is 3.25. The molecule has 0 aliphatic rings. The summed E-state index contributed by atoms with van der Waals surface area (Å²) in [4.78, 5) is 3.83. The largest absolute Gasteiger partial charge is 0.263 e. The maximum atomic E-state index is 12.0. The maximum Gasteiger partial charge on any atom is 0.243 e. The Balaban J connectivity index is 2.34. The molecule has 1 aromatic rings. The fraction of sp³-hybridized carbons (Fsp3) is 0.615. The molecule has 4 nitrogen and oxygen atoms in total. The van der Waals surface area contributed by atoms with Gasteiger partial charge in [-0.15, -0.1) is 0 Å². The summed E-state index contributed by atoms with van der Waals surface area (Å²) in [6.07, 6.45) is 9.47. The van der Waals surface area contributed by atoms with Gasteiger partial charge in [-0.2, -0.15) is 0 Å². The lowest BCUT2D eigenvalue weighted by Crippen LogP contribution is -2.25. The van der Waals surface area contributed by atoms with E-state index in [1.807, 2.05) is 0 Å². The number of nitrogens with one attached hydrogen (secondary N) is 1. The first-order valence-corrected chi connectivity index (χ1v) is 8.53. The molecule has 0 amide bonds. The monoisotopic (exact) mass is 304 g/mol. The Labute approximate surface area is 120 Å². The third-order valence-electron chi connectivity index (χ3n) is 2.85. The van der Waals surface area contributed by atoms with Gasteiger partial charge in [-0.1, -0.05) is 50.6 Å². The van der Waals surface area contributed by atoms with Crippen LogP contribution in [-0.2, 0) is 10.0 Å². The quantitative estimate of drug-likeness (QED) is 0.712. The van der Waals surface area contributed by atoms with Crippen LogP contribution in [0.5, 0.6) is 0 Å². The molecule has 0 saturated heterocycles. The Kier molecular flexibility index (Phi) is 7.34. The predicted molar refractivity (Wildman–Crippen MR) is 77.8 cm³/mol. The molecule has 0 radical (unpaired) electrons. The van der Waals surface area contributed by atoms with Gasteiger partial charge in [0.05, 0.1) is 5.02 Å². The molecule has 1 heterocycles. The zero-order chi connectivity index (χ0) is 14.1. The van der Waals surface area contributed by atoms with E-state index < -0.39 is 10.0 Å². The second kappa shape index (κ2) is 8.51. The summed E-state index contributed by atoms with van der Waals surface area (Å²) < 4.78 is 26.5. The molecule has 0 aromatic carbocycles. The van der Waals surface area contributed by atoms with Gasteiger partial charge in [0.2, 0.25) is 10.0 Å². The van der Waals surface area contributed by atoms with Crippen LogP contribution < -0.4 is 4.72 Å². The molecule has 108 valence electrons. The number of unbranched alkanes of at least 4 members (excludes halogenated alkanes) is 5. The van der Waals surface area contributed by atoms with Crippen molar-refractivity contribution in [1.82, 2.24) is 9.71 Å². The molecule has 19 heavy (non-hydrogen) atoms. The number of halogens is 1. The van der Waals surface area contributed by atoms with Crippen molar-refractivity contribution in [2.75, 3.05) is 6.54 Å². The van der Waals surface area contributed by atoms with E-state index in [1.165, 1.54) is 37.7 Å². The first kappa shape index (κ1) is 16.4. The Morgan fingerprint density at radius 2 is 1.89 bits per heavy atom. The zero-order valence-corrected chi connectivity index (χ0v) is 12.8. The van der Waals surface area contributed by atoms with E-state index in [9.17, 15) is 8.42 Å². The van der Waals surface area contributed by atoms with E-state index in [0.717, 1.165) is 19.3 Å². The molecule has 1 aromatic heterocycles. The fourth-order valence-electron chi connectivity index (χ4n) is 1.75. The normalized spacial score (nSPS) is 11.7. The van der Waals surface area contributed by atoms with Gasteiger partial charge in [0.25, 0.3) is 0 Å². The van der Waals surface area contributed by atoms with Crippen molar-refractivity contribution in [2.45, 2.75) is 50.3 Å². The Morgan fingerprint density at radius 1 is 1.21 bits per heavy atom. The van der Waals surface area contributed by atoms with Crippen molar-refractivity contribution in [1.29, 1.82) is 0 Å². The van der Waals surface area contributed by atoms with Gasteiger partial charge in [-0.3, -0.25) is 4.98 Å². The van der Waals surface area contributed by atoms with Crippen molar-refractivity contribution in [3.63, 3.8) is 0 Å². The summed E-state index contributed by atoms with van der Waals surface area (Å²) in [7, 11) is -3.53. The van der Waals surface area contributed by atoms with E-state index in [1.54, 1.807) is 0 Å². The van der Waals surface area contributed by atoms with Crippen molar-refractivity contribution < 1.29 is 8.42 Å². The van der Waals surface area contributed by atoms with Gasteiger partial charge in [0.15, 0.2) is 0 Å². The van der Waals surface area contributed by atoms with Crippen LogP contribution in [0.15, 0.2) is 23.4 Å². The molecular formula is C13H21ClN2O2S. The van der Waals surface area contributed by atoms with Crippen LogP contribution in [0.25, 0.3) is 0 Å². The van der Waals surface area contributed by atoms with E-state index >= 15 is 0 Å². The van der Waals surface area contributed by atoms with Crippen molar-refractivity contribution in [3.05, 3.63) is 23.5 Å². The van der Waals surface area contributed by atoms with Crippen LogP contribution in [0.1, 0.15) is 45.4 Å². The van der Waals surface area contributed by atoms with E-state index in [0.29, 0.717) is 6.54 Å². The van der Waals surface area contributed by atoms with Crippen LogP contribution in [-0.4, -0.2) is 19.9 Å². The lowest BCUT2D eigenvalue weighted by Gasteiger charge is -2.07. The van der Waals surface area contributed by atoms with Crippen molar-refractivity contribution in [2.24, 2.45) is 0 Å². The van der Waals surface area contributed by atoms with Gasteiger partial charge < -0.3 is 0 Å². The summed E-state index contributed by atoms with van der Waals surface area (Å²) >= 11 is 5.85. The smallest absolute Gasteiger partial charge is 0.243 e. The molecule has 1 rings (SSSR count). The molecule has 0 fully saturated rings. The molecule has 0 aliphatic heterocycles. The lowest BCUT2D eigenvalue weighted by molar-refractivity contribution is 0.567. The number of pyridine rings is 1. The molecule has 0 bridgehead atoms. The van der Waals surface area contributed by atoms with Crippen LogP contribution in [0.2, 0.25) is 5.02 Å². The average molecular weight is 305 g/mol. The molecule has 6 heteroatoms. The van der Waals surface area contributed by atoms with Gasteiger partial charge in [-0.25, -0.2) is 13.1 Å². The van der Waals surface area contributed by atoms with E-state index in [-0.39, 0.29) is 9.92 Å². The lowest BCUT2D eigenvalue weighted by atomic mass is 10.1. The van der Waals surface area contributed by atoms with E-state index in [2.05, 4.69) is 16.6 Å². The number of aromatic nitrogens is 1. The van der Waals surface area contributed by atoms with Crippen LogP contribution in [0.3, 0.4) is 0 Å². The molecule has 0 saturated carbocycles. The van der Waals surface area contributed by atoms with Crippen molar-refractivity contribution >= 4 is 21.6 Å². The maximum absolute atomic E-state index is 12.0. The summed E-state index contributed by atoms with van der Waals surface area (Å²) in [5, 5.41) is 0.199. The number of rotatable bonds is 9. The number of nitrogens with zero attached hydrogens (tertiary/aromatic N) is 1. The van der Waals surface area contributed by atoms with Gasteiger partial charge in [-0.05, 0) is 12.5 Å². The highest BCUT2D eigenvalue weighted by molar-refractivity contribution is 7.89. The molecule has 0 spiro atoms. The minimum absolute atomic E-state index is 0.0441. The van der Waals surface area contributed by atoms with Crippen molar-refractivity contribution in [3.8, 4) is 0 Å². The summed E-state index contributed by atoms with van der Waals surface area (Å²) in [6.45, 7) is 2.62. The predicted octanol–water partition coefficient (Wildman–Crippen LogP) is 3.37. The number of sulfonamides is 1. The molecule has 1 N–H and O–H groups in total. The summed E-state index contributed by atoms with van der Waals surface area (Å²) in [6, 6.07) is 1.47. The minimum atomic E-state index is -3.53. The topological polar surface area (TPSA) is 59.1 Å². The Morgan fingerprint density at radius 3 is 2.58 bits per heavy atom. The van der Waals surface area contributed by atoms with Gasteiger partial charge in [0.1, 0.15) is 4.90 Å². The molecule has 0 atom stereocenters. The number of hydrogen-bond donors (Lipinski definition) is 1. The first-order chi connectivity index (χ1) is 9.08.